The van der Waals surface area contributed by atoms with E-state index in [2.05, 4.69) is 19.2 Å². The molecular formula is C13H27N3O2S2. The molecule has 0 saturated carbocycles. The summed E-state index contributed by atoms with van der Waals surface area (Å²) >= 11 is 1.84. The van der Waals surface area contributed by atoms with Crippen LogP contribution in [0.1, 0.15) is 26.7 Å². The van der Waals surface area contributed by atoms with Gasteiger partial charge >= 0.3 is 0 Å². The summed E-state index contributed by atoms with van der Waals surface area (Å²) in [5.41, 5.74) is 0. The van der Waals surface area contributed by atoms with Gasteiger partial charge in [0.05, 0.1) is 0 Å². The van der Waals surface area contributed by atoms with E-state index in [4.69, 9.17) is 0 Å². The quantitative estimate of drug-likeness (QED) is 0.820. The Morgan fingerprint density at radius 3 is 2.20 bits per heavy atom. The van der Waals surface area contributed by atoms with Crippen molar-refractivity contribution < 1.29 is 8.42 Å². The Morgan fingerprint density at radius 1 is 1.10 bits per heavy atom. The van der Waals surface area contributed by atoms with E-state index in [0.717, 1.165) is 30.9 Å². The van der Waals surface area contributed by atoms with Gasteiger partial charge in [0.25, 0.3) is 10.2 Å². The van der Waals surface area contributed by atoms with Crippen LogP contribution >= 0.6 is 11.8 Å². The fraction of sp³-hybridized carbons (Fsp3) is 1.00. The number of hydrogen-bond acceptors (Lipinski definition) is 4. The highest BCUT2D eigenvalue weighted by atomic mass is 32.2. The Morgan fingerprint density at radius 2 is 1.65 bits per heavy atom. The van der Waals surface area contributed by atoms with Crippen molar-refractivity contribution in [3.63, 3.8) is 0 Å². The van der Waals surface area contributed by atoms with Gasteiger partial charge < -0.3 is 5.32 Å². The summed E-state index contributed by atoms with van der Waals surface area (Å²) < 4.78 is 28.4. The van der Waals surface area contributed by atoms with Gasteiger partial charge in [-0.3, -0.25) is 0 Å². The molecule has 2 heterocycles. The van der Waals surface area contributed by atoms with Gasteiger partial charge in [0.1, 0.15) is 0 Å². The summed E-state index contributed by atoms with van der Waals surface area (Å²) in [6.07, 6.45) is 1.95. The summed E-state index contributed by atoms with van der Waals surface area (Å²) in [4.78, 5) is 0. The Labute approximate surface area is 127 Å². The summed E-state index contributed by atoms with van der Waals surface area (Å²) in [6, 6.07) is 0.502. The van der Waals surface area contributed by atoms with Crippen molar-refractivity contribution in [2.45, 2.75) is 32.7 Å². The maximum atomic E-state index is 12.5. The average Bonchev–Trinajstić information content (AvgIpc) is 2.46. The third kappa shape index (κ3) is 4.34. The molecule has 0 amide bonds. The summed E-state index contributed by atoms with van der Waals surface area (Å²) in [5.74, 6) is 2.46. The molecule has 1 N–H and O–H groups in total. The van der Waals surface area contributed by atoms with E-state index in [9.17, 15) is 8.42 Å². The largest absolute Gasteiger partial charge is 0.314 e. The monoisotopic (exact) mass is 321 g/mol. The van der Waals surface area contributed by atoms with Gasteiger partial charge in [-0.1, -0.05) is 13.8 Å². The fourth-order valence-electron chi connectivity index (χ4n) is 2.69. The maximum Gasteiger partial charge on any atom is 0.282 e. The molecule has 2 aliphatic rings. The molecule has 7 heteroatoms. The second-order valence-corrected chi connectivity index (χ2v) is 9.08. The molecule has 2 aliphatic heterocycles. The molecule has 5 nitrogen and oxygen atoms in total. The third-order valence-corrected chi connectivity index (χ3v) is 6.99. The number of nitrogens with zero attached hydrogens (tertiary/aromatic N) is 2. The summed E-state index contributed by atoms with van der Waals surface area (Å²) in [7, 11) is -3.21. The second-order valence-electron chi connectivity index (χ2n) is 5.92. The van der Waals surface area contributed by atoms with Gasteiger partial charge in [0.2, 0.25) is 0 Å². The van der Waals surface area contributed by atoms with E-state index in [0.29, 0.717) is 38.1 Å². The Bertz CT molecular complexity index is 386. The molecule has 0 radical (unpaired) electrons. The maximum absolute atomic E-state index is 12.5. The van der Waals surface area contributed by atoms with Gasteiger partial charge in [-0.25, -0.2) is 0 Å². The summed E-state index contributed by atoms with van der Waals surface area (Å²) in [6.45, 7) is 7.99. The van der Waals surface area contributed by atoms with Crippen molar-refractivity contribution in [1.82, 2.24) is 13.9 Å². The first-order valence-corrected chi connectivity index (χ1v) is 10.1. The van der Waals surface area contributed by atoms with Gasteiger partial charge in [-0.2, -0.15) is 28.8 Å². The van der Waals surface area contributed by atoms with E-state index in [1.54, 1.807) is 8.61 Å². The van der Waals surface area contributed by atoms with Crippen LogP contribution in [-0.4, -0.2) is 67.3 Å². The van der Waals surface area contributed by atoms with Crippen LogP contribution in [0.2, 0.25) is 0 Å². The Kier molecular flexibility index (Phi) is 6.16. The minimum atomic E-state index is -3.21. The standard InChI is InChI=1S/C13H27N3O2S2/c1-12(2)14-11-13-3-5-15(6-4-13)20(17,18)16-7-9-19-10-8-16/h12-14H,3-11H2,1-2H3. The zero-order valence-corrected chi connectivity index (χ0v) is 14.2. The lowest BCUT2D eigenvalue weighted by atomic mass is 9.98. The lowest BCUT2D eigenvalue weighted by Gasteiger charge is -2.36. The molecule has 0 aromatic rings. The van der Waals surface area contributed by atoms with Crippen LogP contribution < -0.4 is 5.32 Å². The minimum Gasteiger partial charge on any atom is -0.314 e. The Balaban J connectivity index is 1.83. The van der Waals surface area contributed by atoms with Crippen molar-refractivity contribution in [3.8, 4) is 0 Å². The lowest BCUT2D eigenvalue weighted by Crippen LogP contribution is -2.50. The zero-order chi connectivity index (χ0) is 14.6. The molecule has 2 saturated heterocycles. The molecule has 2 fully saturated rings. The predicted molar refractivity (Wildman–Crippen MR) is 85.3 cm³/mol. The molecule has 0 spiro atoms. The molecule has 20 heavy (non-hydrogen) atoms. The molecule has 0 aromatic heterocycles. The number of hydrogen-bond donors (Lipinski definition) is 1. The van der Waals surface area contributed by atoms with Crippen molar-refractivity contribution >= 4 is 22.0 Å². The van der Waals surface area contributed by atoms with Crippen molar-refractivity contribution in [2.24, 2.45) is 5.92 Å². The number of thioether (sulfide) groups is 1. The van der Waals surface area contributed by atoms with Crippen LogP contribution in [0, 0.1) is 5.92 Å². The first kappa shape index (κ1) is 16.5. The summed E-state index contributed by atoms with van der Waals surface area (Å²) in [5, 5.41) is 3.45. The topological polar surface area (TPSA) is 52.7 Å². The normalized spacial score (nSPS) is 24.4. The number of piperidine rings is 1. The van der Waals surface area contributed by atoms with E-state index < -0.39 is 10.2 Å². The van der Waals surface area contributed by atoms with Crippen molar-refractivity contribution in [2.75, 3.05) is 44.2 Å². The highest BCUT2D eigenvalue weighted by molar-refractivity contribution is 7.99. The lowest BCUT2D eigenvalue weighted by molar-refractivity contribution is 0.248. The van der Waals surface area contributed by atoms with Gasteiger partial charge in [0, 0.05) is 43.7 Å². The van der Waals surface area contributed by atoms with Crippen LogP contribution in [-0.2, 0) is 10.2 Å². The molecule has 0 bridgehead atoms. The first-order valence-electron chi connectivity index (χ1n) is 7.56. The van der Waals surface area contributed by atoms with Crippen molar-refractivity contribution in [1.29, 1.82) is 0 Å². The molecule has 118 valence electrons. The van der Waals surface area contributed by atoms with Crippen molar-refractivity contribution in [3.05, 3.63) is 0 Å². The molecule has 0 aliphatic carbocycles. The van der Waals surface area contributed by atoms with Gasteiger partial charge in [0.15, 0.2) is 0 Å². The van der Waals surface area contributed by atoms with Crippen LogP contribution in [0.5, 0.6) is 0 Å². The molecular weight excluding hydrogens is 294 g/mol. The fourth-order valence-corrected chi connectivity index (χ4v) is 5.46. The van der Waals surface area contributed by atoms with E-state index >= 15 is 0 Å². The van der Waals surface area contributed by atoms with Crippen LogP contribution in [0.3, 0.4) is 0 Å². The third-order valence-electron chi connectivity index (χ3n) is 4.01. The highest BCUT2D eigenvalue weighted by Crippen LogP contribution is 2.22. The predicted octanol–water partition coefficient (Wildman–Crippen LogP) is 0.990. The first-order chi connectivity index (χ1) is 9.50. The molecule has 2 rings (SSSR count). The molecule has 0 unspecified atom stereocenters. The minimum absolute atomic E-state index is 0.502. The number of nitrogens with one attached hydrogen (secondary N) is 1. The average molecular weight is 322 g/mol. The highest BCUT2D eigenvalue weighted by Gasteiger charge is 2.33. The second kappa shape index (κ2) is 7.45. The van der Waals surface area contributed by atoms with Gasteiger partial charge in [-0.05, 0) is 25.3 Å². The van der Waals surface area contributed by atoms with E-state index in [1.807, 2.05) is 11.8 Å². The smallest absolute Gasteiger partial charge is 0.282 e. The molecule has 0 aromatic carbocycles. The van der Waals surface area contributed by atoms with E-state index in [1.165, 1.54) is 0 Å². The van der Waals surface area contributed by atoms with Crippen LogP contribution in [0.4, 0.5) is 0 Å². The van der Waals surface area contributed by atoms with E-state index in [-0.39, 0.29) is 0 Å². The van der Waals surface area contributed by atoms with Crippen LogP contribution in [0.25, 0.3) is 0 Å². The zero-order valence-electron chi connectivity index (χ0n) is 12.5. The molecule has 0 atom stereocenters. The van der Waals surface area contributed by atoms with Crippen LogP contribution in [0.15, 0.2) is 0 Å². The SMILES string of the molecule is CC(C)NCC1CCN(S(=O)(=O)N2CCSCC2)CC1. The Hall–Kier alpha value is 0.180. The van der Waals surface area contributed by atoms with Gasteiger partial charge in [-0.15, -0.1) is 0 Å². The number of rotatable bonds is 5.